The van der Waals surface area contributed by atoms with Gasteiger partial charge in [0.05, 0.1) is 0 Å². The van der Waals surface area contributed by atoms with E-state index in [1.165, 1.54) is 5.56 Å². The minimum Gasteiger partial charge on any atom is -0.481 e. The smallest absolute Gasteiger partial charge is 0.303 e. The van der Waals surface area contributed by atoms with E-state index in [4.69, 9.17) is 5.11 Å². The Morgan fingerprint density at radius 2 is 2.16 bits per heavy atom. The van der Waals surface area contributed by atoms with Gasteiger partial charge in [-0.25, -0.2) is 0 Å². The van der Waals surface area contributed by atoms with Crippen LogP contribution in [0.25, 0.3) is 0 Å². The van der Waals surface area contributed by atoms with Crippen LogP contribution in [0.15, 0.2) is 29.3 Å². The number of carboxylic acids is 1. The number of aliphatic imine (C=N–C) groups is 1. The Hall–Kier alpha value is -1.84. The average Bonchev–Trinajstić information content (AvgIpc) is 2.33. The molecule has 0 saturated heterocycles. The molecule has 0 saturated carbocycles. The normalized spacial score (nSPS) is 18.7. The molecule has 1 heterocycles. The van der Waals surface area contributed by atoms with E-state index in [-0.39, 0.29) is 12.0 Å². The van der Waals surface area contributed by atoms with Crippen LogP contribution in [0.3, 0.4) is 0 Å². The van der Waals surface area contributed by atoms with Crippen molar-refractivity contribution in [2.45, 2.75) is 38.6 Å². The summed E-state index contributed by atoms with van der Waals surface area (Å²) in [5.41, 5.74) is 2.42. The van der Waals surface area contributed by atoms with Gasteiger partial charge in [0.25, 0.3) is 0 Å². The van der Waals surface area contributed by atoms with Gasteiger partial charge in [0.1, 0.15) is 5.84 Å². The van der Waals surface area contributed by atoms with E-state index in [1.807, 2.05) is 12.1 Å². The Labute approximate surface area is 113 Å². The van der Waals surface area contributed by atoms with Crippen molar-refractivity contribution >= 4 is 11.8 Å². The molecule has 0 radical (unpaired) electrons. The maximum Gasteiger partial charge on any atom is 0.303 e. The van der Waals surface area contributed by atoms with Crippen LogP contribution in [0, 0.1) is 0 Å². The molecule has 0 spiro atoms. The van der Waals surface area contributed by atoms with E-state index in [9.17, 15) is 4.79 Å². The molecule has 0 fully saturated rings. The summed E-state index contributed by atoms with van der Waals surface area (Å²) in [5, 5.41) is 12.1. The van der Waals surface area contributed by atoms with Crippen LogP contribution < -0.4 is 5.32 Å². The van der Waals surface area contributed by atoms with Crippen molar-refractivity contribution in [1.29, 1.82) is 0 Å². The number of benzene rings is 1. The number of nitrogens with one attached hydrogen (secondary N) is 1. The lowest BCUT2D eigenvalue weighted by molar-refractivity contribution is -0.137. The quantitative estimate of drug-likeness (QED) is 0.816. The number of hydrogen-bond donors (Lipinski definition) is 2. The number of rotatable bonds is 4. The van der Waals surface area contributed by atoms with E-state index >= 15 is 0 Å². The maximum atomic E-state index is 10.5. The van der Waals surface area contributed by atoms with E-state index in [2.05, 4.69) is 36.3 Å². The Morgan fingerprint density at radius 1 is 1.42 bits per heavy atom. The number of fused-ring (bicyclic) bond motifs is 1. The lowest BCUT2D eigenvalue weighted by atomic mass is 9.87. The second kappa shape index (κ2) is 5.43. The lowest BCUT2D eigenvalue weighted by Crippen LogP contribution is -2.49. The van der Waals surface area contributed by atoms with Crippen LogP contribution in [0.1, 0.15) is 37.8 Å². The van der Waals surface area contributed by atoms with E-state index in [0.29, 0.717) is 13.0 Å². The highest BCUT2D eigenvalue weighted by Crippen LogP contribution is 2.23. The van der Waals surface area contributed by atoms with Crippen molar-refractivity contribution in [2.24, 2.45) is 4.99 Å². The first kappa shape index (κ1) is 13.6. The summed E-state index contributed by atoms with van der Waals surface area (Å²) in [7, 11) is 0. The first-order valence-corrected chi connectivity index (χ1v) is 6.61. The Kier molecular flexibility index (Phi) is 3.88. The van der Waals surface area contributed by atoms with Gasteiger partial charge >= 0.3 is 5.97 Å². The molecule has 1 aliphatic heterocycles. The van der Waals surface area contributed by atoms with Gasteiger partial charge in [-0.1, -0.05) is 24.3 Å². The largest absolute Gasteiger partial charge is 0.481 e. The van der Waals surface area contributed by atoms with Crippen LogP contribution >= 0.6 is 0 Å². The summed E-state index contributed by atoms with van der Waals surface area (Å²) < 4.78 is 0. The molecular weight excluding hydrogens is 240 g/mol. The summed E-state index contributed by atoms with van der Waals surface area (Å²) in [6.45, 7) is 4.84. The summed E-state index contributed by atoms with van der Waals surface area (Å²) >= 11 is 0. The summed E-state index contributed by atoms with van der Waals surface area (Å²) in [6, 6.07) is 8.24. The first-order valence-electron chi connectivity index (χ1n) is 6.61. The predicted octanol–water partition coefficient (Wildman–Crippen LogP) is 2.22. The fourth-order valence-electron chi connectivity index (χ4n) is 2.36. The molecule has 2 N–H and O–H groups in total. The predicted molar refractivity (Wildman–Crippen MR) is 75.6 cm³/mol. The molecule has 0 aliphatic carbocycles. The van der Waals surface area contributed by atoms with Crippen LogP contribution in [-0.2, 0) is 11.2 Å². The molecule has 0 bridgehead atoms. The van der Waals surface area contributed by atoms with Crippen molar-refractivity contribution in [3.8, 4) is 0 Å². The summed E-state index contributed by atoms with van der Waals surface area (Å²) in [5.74, 6) is 0.120. The third kappa shape index (κ3) is 3.56. The molecule has 1 aromatic rings. The van der Waals surface area contributed by atoms with Gasteiger partial charge in [-0.2, -0.15) is 0 Å². The second-order valence-electron chi connectivity index (χ2n) is 5.57. The second-order valence-corrected chi connectivity index (χ2v) is 5.57. The maximum absolute atomic E-state index is 10.5. The van der Waals surface area contributed by atoms with Crippen molar-refractivity contribution in [3.05, 3.63) is 35.4 Å². The molecule has 0 unspecified atom stereocenters. The Bertz CT molecular complexity index is 507. The van der Waals surface area contributed by atoms with E-state index < -0.39 is 5.97 Å². The van der Waals surface area contributed by atoms with E-state index in [0.717, 1.165) is 17.8 Å². The number of amidine groups is 1. The van der Waals surface area contributed by atoms with Crippen LogP contribution in [0.2, 0.25) is 0 Å². The van der Waals surface area contributed by atoms with Crippen molar-refractivity contribution in [2.75, 3.05) is 6.54 Å². The highest BCUT2D eigenvalue weighted by atomic mass is 16.4. The molecule has 1 aliphatic rings. The number of carbonyl (C=O) groups is 1. The first-order chi connectivity index (χ1) is 8.98. The van der Waals surface area contributed by atoms with Gasteiger partial charge in [0.2, 0.25) is 0 Å². The zero-order chi connectivity index (χ0) is 13.9. The van der Waals surface area contributed by atoms with Gasteiger partial charge in [0, 0.05) is 24.1 Å². The van der Waals surface area contributed by atoms with E-state index in [1.54, 1.807) is 0 Å². The van der Waals surface area contributed by atoms with Crippen LogP contribution in [0.5, 0.6) is 0 Å². The van der Waals surface area contributed by atoms with Crippen LogP contribution in [-0.4, -0.2) is 29.0 Å². The SMILES string of the molecule is CC1(C)Cc2ccccc2C(=NCCCC(=O)O)N1. The number of hydrogen-bond acceptors (Lipinski definition) is 2. The molecule has 0 aromatic heterocycles. The standard InChI is InChI=1S/C15H20N2O2/c1-15(2)10-11-6-3-4-7-12(11)14(17-15)16-9-5-8-13(18)19/h3-4,6-7H,5,8-10H2,1-2H3,(H,16,17)(H,18,19). The van der Waals surface area contributed by atoms with Crippen molar-refractivity contribution in [3.63, 3.8) is 0 Å². The molecule has 19 heavy (non-hydrogen) atoms. The minimum absolute atomic E-state index is 0.0139. The molecule has 102 valence electrons. The minimum atomic E-state index is -0.766. The fourth-order valence-corrected chi connectivity index (χ4v) is 2.36. The van der Waals surface area contributed by atoms with Crippen molar-refractivity contribution in [1.82, 2.24) is 5.32 Å². The molecule has 0 atom stereocenters. The van der Waals surface area contributed by atoms with Gasteiger partial charge in [0.15, 0.2) is 0 Å². The van der Waals surface area contributed by atoms with Crippen molar-refractivity contribution < 1.29 is 9.90 Å². The van der Waals surface area contributed by atoms with Gasteiger partial charge in [-0.15, -0.1) is 0 Å². The summed E-state index contributed by atoms with van der Waals surface area (Å²) in [6.07, 6.45) is 1.71. The topological polar surface area (TPSA) is 61.7 Å². The van der Waals surface area contributed by atoms with Gasteiger partial charge in [-0.05, 0) is 32.3 Å². The highest BCUT2D eigenvalue weighted by molar-refractivity contribution is 6.01. The Balaban J connectivity index is 2.15. The monoisotopic (exact) mass is 260 g/mol. The molecule has 2 rings (SSSR count). The summed E-state index contributed by atoms with van der Waals surface area (Å²) in [4.78, 5) is 15.0. The van der Waals surface area contributed by atoms with Gasteiger partial charge < -0.3 is 10.4 Å². The average molecular weight is 260 g/mol. The number of nitrogens with zero attached hydrogens (tertiary/aromatic N) is 1. The molecule has 1 aromatic carbocycles. The third-order valence-electron chi connectivity index (χ3n) is 3.18. The molecule has 4 heteroatoms. The van der Waals surface area contributed by atoms with Gasteiger partial charge in [-0.3, -0.25) is 9.79 Å². The molecular formula is C15H20N2O2. The lowest BCUT2D eigenvalue weighted by Gasteiger charge is -2.34. The number of aliphatic carboxylic acids is 1. The Morgan fingerprint density at radius 3 is 2.89 bits per heavy atom. The molecule has 0 amide bonds. The fraction of sp³-hybridized carbons (Fsp3) is 0.467. The number of carboxylic acid groups (broad SMARTS) is 1. The molecule has 4 nitrogen and oxygen atoms in total. The highest BCUT2D eigenvalue weighted by Gasteiger charge is 2.27. The zero-order valence-electron chi connectivity index (χ0n) is 11.4. The van der Waals surface area contributed by atoms with Crippen LogP contribution in [0.4, 0.5) is 0 Å². The third-order valence-corrected chi connectivity index (χ3v) is 3.18. The zero-order valence-corrected chi connectivity index (χ0v) is 11.4.